The van der Waals surface area contributed by atoms with E-state index in [0.717, 1.165) is 5.56 Å². The van der Waals surface area contributed by atoms with Crippen LogP contribution in [0, 0.1) is 12.9 Å². The van der Waals surface area contributed by atoms with Gasteiger partial charge in [-0.15, -0.1) is 4.39 Å². The van der Waals surface area contributed by atoms with Gasteiger partial charge in [0.25, 0.3) is 0 Å². The molecule has 1 aromatic carbocycles. The highest BCUT2D eigenvalue weighted by Crippen LogP contribution is 2.28. The predicted molar refractivity (Wildman–Crippen MR) is 69.9 cm³/mol. The first-order valence-corrected chi connectivity index (χ1v) is 7.06. The lowest BCUT2D eigenvalue weighted by Crippen LogP contribution is -2.32. The molecule has 0 saturated heterocycles. The van der Waals surface area contributed by atoms with Crippen LogP contribution in [-0.4, -0.2) is 13.0 Å². The third-order valence-corrected chi connectivity index (χ3v) is 3.21. The highest BCUT2D eigenvalue weighted by atomic mass is 32.3. The van der Waals surface area contributed by atoms with Gasteiger partial charge < -0.3 is 4.18 Å². The summed E-state index contributed by atoms with van der Waals surface area (Å²) in [6, 6.07) is 7.58. The molecule has 0 amide bonds. The Morgan fingerprint density at radius 3 is 2.60 bits per heavy atom. The van der Waals surface area contributed by atoms with Gasteiger partial charge >= 0.3 is 16.3 Å². The smallest absolute Gasteiger partial charge is 0.362 e. The maximum Gasteiger partial charge on any atom is 0.446 e. The van der Waals surface area contributed by atoms with Gasteiger partial charge in [-0.25, -0.2) is 0 Å². The van der Waals surface area contributed by atoms with Gasteiger partial charge in [0.15, 0.2) is 6.20 Å². The van der Waals surface area contributed by atoms with Crippen molar-refractivity contribution >= 4 is 10.4 Å². The Morgan fingerprint density at radius 1 is 1.25 bits per heavy atom. The Morgan fingerprint density at radius 2 is 1.95 bits per heavy atom. The molecule has 2 rings (SSSR count). The number of pyridine rings is 1. The molecule has 0 aliphatic rings. The fraction of sp³-hybridized carbons (Fsp3) is 0.154. The fourth-order valence-corrected chi connectivity index (χ4v) is 2.21. The van der Waals surface area contributed by atoms with Crippen molar-refractivity contribution in [3.63, 3.8) is 0 Å². The van der Waals surface area contributed by atoms with E-state index in [9.17, 15) is 12.8 Å². The zero-order valence-electron chi connectivity index (χ0n) is 10.9. The second-order valence-corrected chi connectivity index (χ2v) is 5.33. The van der Waals surface area contributed by atoms with Gasteiger partial charge in [0, 0.05) is 6.07 Å². The highest BCUT2D eigenvalue weighted by Gasteiger charge is 2.17. The Labute approximate surface area is 116 Å². The van der Waals surface area contributed by atoms with E-state index in [1.807, 2.05) is 0 Å². The molecule has 0 atom stereocenters. The van der Waals surface area contributed by atoms with E-state index in [-0.39, 0.29) is 5.75 Å². The van der Waals surface area contributed by atoms with Crippen LogP contribution >= 0.6 is 0 Å². The Balaban J connectivity index is 2.56. The molecule has 20 heavy (non-hydrogen) atoms. The molecule has 2 aromatic rings. The van der Waals surface area contributed by atoms with Gasteiger partial charge in [0.1, 0.15) is 12.8 Å². The number of rotatable bonds is 3. The van der Waals surface area contributed by atoms with E-state index in [1.54, 1.807) is 38.4 Å². The fourth-order valence-electron chi connectivity index (χ4n) is 1.86. The molecule has 0 aliphatic carbocycles. The molecule has 1 aromatic heterocycles. The number of hydrogen-bond donors (Lipinski definition) is 1. The monoisotopic (exact) mass is 298 g/mol. The van der Waals surface area contributed by atoms with Crippen LogP contribution in [0.4, 0.5) is 4.39 Å². The van der Waals surface area contributed by atoms with Crippen LogP contribution in [0.15, 0.2) is 36.5 Å². The predicted octanol–water partition coefficient (Wildman–Crippen LogP) is 1.81. The summed E-state index contributed by atoms with van der Waals surface area (Å²) in [5.41, 5.74) is 1.55. The van der Waals surface area contributed by atoms with Crippen molar-refractivity contribution in [1.82, 2.24) is 0 Å². The molecule has 0 aliphatic heterocycles. The summed E-state index contributed by atoms with van der Waals surface area (Å²) in [4.78, 5) is 0. The van der Waals surface area contributed by atoms with E-state index in [4.69, 9.17) is 4.55 Å². The minimum Gasteiger partial charge on any atom is -0.362 e. The van der Waals surface area contributed by atoms with Crippen molar-refractivity contribution in [3.05, 3.63) is 48.0 Å². The number of nitrogens with zero attached hydrogens (tertiary/aromatic N) is 1. The van der Waals surface area contributed by atoms with E-state index >= 15 is 0 Å². The molecule has 0 unspecified atom stereocenters. The minimum atomic E-state index is -4.61. The first-order chi connectivity index (χ1) is 9.28. The molecule has 0 radical (unpaired) electrons. The molecule has 0 saturated carbocycles. The summed E-state index contributed by atoms with van der Waals surface area (Å²) in [6.45, 7) is 1.76. The summed E-state index contributed by atoms with van der Waals surface area (Å²) in [7, 11) is -3.04. The molecule has 5 nitrogen and oxygen atoms in total. The van der Waals surface area contributed by atoms with Crippen LogP contribution in [0.3, 0.4) is 0 Å². The van der Waals surface area contributed by atoms with Crippen LogP contribution < -0.4 is 8.75 Å². The van der Waals surface area contributed by atoms with Crippen molar-refractivity contribution in [3.8, 4) is 16.9 Å². The summed E-state index contributed by atoms with van der Waals surface area (Å²) < 4.78 is 49.9. The lowest BCUT2D eigenvalue weighted by Gasteiger charge is -2.08. The first kappa shape index (κ1) is 14.4. The maximum atomic E-state index is 14.1. The molecule has 1 N–H and O–H groups in total. The number of halogens is 1. The first-order valence-electron chi connectivity index (χ1n) is 5.70. The van der Waals surface area contributed by atoms with Gasteiger partial charge in [0.05, 0.1) is 5.56 Å². The average molecular weight is 298 g/mol. The van der Waals surface area contributed by atoms with Crippen LogP contribution in [0.5, 0.6) is 5.75 Å². The van der Waals surface area contributed by atoms with Crippen molar-refractivity contribution in [2.75, 3.05) is 0 Å². The second kappa shape index (κ2) is 5.18. The van der Waals surface area contributed by atoms with Crippen molar-refractivity contribution in [2.24, 2.45) is 7.05 Å². The van der Waals surface area contributed by atoms with E-state index in [0.29, 0.717) is 11.1 Å². The molecule has 106 valence electrons. The van der Waals surface area contributed by atoms with Gasteiger partial charge in [-0.05, 0) is 36.2 Å². The summed E-state index contributed by atoms with van der Waals surface area (Å²) >= 11 is 0. The summed E-state index contributed by atoms with van der Waals surface area (Å²) in [5, 5.41) is 0. The van der Waals surface area contributed by atoms with Crippen LogP contribution in [0.25, 0.3) is 11.1 Å². The number of aryl methyl sites for hydroxylation is 2. The van der Waals surface area contributed by atoms with Gasteiger partial charge in [-0.1, -0.05) is 6.07 Å². The molecule has 0 spiro atoms. The summed E-state index contributed by atoms with van der Waals surface area (Å²) in [5.74, 6) is -0.543. The molecular weight excluding hydrogens is 285 g/mol. The zero-order chi connectivity index (χ0) is 14.9. The number of aromatic nitrogens is 1. The number of benzene rings is 1. The Kier molecular flexibility index (Phi) is 3.74. The second-order valence-electron chi connectivity index (χ2n) is 4.31. The van der Waals surface area contributed by atoms with Crippen LogP contribution in [0.1, 0.15) is 5.56 Å². The average Bonchev–Trinajstić information content (AvgIpc) is 2.34. The minimum absolute atomic E-state index is 0.0843. The molecule has 0 bridgehead atoms. The molecular formula is C13H13FNO4S+. The third-order valence-electron chi connectivity index (χ3n) is 2.81. The zero-order valence-corrected chi connectivity index (χ0v) is 11.7. The van der Waals surface area contributed by atoms with E-state index in [1.165, 1.54) is 16.7 Å². The standard InChI is InChI=1S/C13H12FNO4S/c1-9-5-6-10(19-20(16,17)18)8-12(9)11-4-3-7-15(2)13(11)14/h3-8H,1-2H3/p+1. The Bertz CT molecular complexity index is 759. The SMILES string of the molecule is Cc1ccc(OS(=O)(=O)O)cc1-c1ccc[n+](C)c1F. The third kappa shape index (κ3) is 3.12. The quantitative estimate of drug-likeness (QED) is 0.533. The highest BCUT2D eigenvalue weighted by molar-refractivity contribution is 7.81. The van der Waals surface area contributed by atoms with Gasteiger partial charge in [-0.2, -0.15) is 13.0 Å². The summed E-state index contributed by atoms with van der Waals surface area (Å²) in [6.07, 6.45) is 1.56. The lowest BCUT2D eigenvalue weighted by molar-refractivity contribution is -0.699. The number of hydrogen-bond acceptors (Lipinski definition) is 3. The van der Waals surface area contributed by atoms with Crippen molar-refractivity contribution < 1.29 is 26.1 Å². The molecule has 1 heterocycles. The van der Waals surface area contributed by atoms with Crippen molar-refractivity contribution in [2.45, 2.75) is 6.92 Å². The van der Waals surface area contributed by atoms with Crippen LogP contribution in [0.2, 0.25) is 0 Å². The Hall–Kier alpha value is -1.99. The maximum absolute atomic E-state index is 14.1. The topological polar surface area (TPSA) is 67.5 Å². The van der Waals surface area contributed by atoms with E-state index in [2.05, 4.69) is 4.18 Å². The molecule has 7 heteroatoms. The van der Waals surface area contributed by atoms with Gasteiger partial charge in [-0.3, -0.25) is 4.55 Å². The van der Waals surface area contributed by atoms with Crippen molar-refractivity contribution in [1.29, 1.82) is 0 Å². The largest absolute Gasteiger partial charge is 0.446 e. The normalized spacial score (nSPS) is 11.4. The molecule has 0 fully saturated rings. The van der Waals surface area contributed by atoms with Gasteiger partial charge in [0.2, 0.25) is 0 Å². The van der Waals surface area contributed by atoms with Crippen LogP contribution in [-0.2, 0) is 17.4 Å². The van der Waals surface area contributed by atoms with E-state index < -0.39 is 16.3 Å². The lowest BCUT2D eigenvalue weighted by atomic mass is 10.0.